The van der Waals surface area contributed by atoms with Gasteiger partial charge in [0.1, 0.15) is 4.88 Å². The Morgan fingerprint density at radius 1 is 1.62 bits per heavy atom. The predicted molar refractivity (Wildman–Crippen MR) is 67.3 cm³/mol. The molecule has 0 bridgehead atoms. The van der Waals surface area contributed by atoms with Crippen LogP contribution in [0.1, 0.15) is 9.67 Å². The molecule has 16 heavy (non-hydrogen) atoms. The van der Waals surface area contributed by atoms with Gasteiger partial charge < -0.3 is 5.73 Å². The lowest BCUT2D eigenvalue weighted by Gasteiger charge is -2.02. The lowest BCUT2D eigenvalue weighted by Crippen LogP contribution is -2.10. The molecule has 0 aliphatic heterocycles. The van der Waals surface area contributed by atoms with Crippen LogP contribution in [0.3, 0.4) is 0 Å². The average molecular weight is 278 g/mol. The minimum atomic E-state index is -0.447. The van der Waals surface area contributed by atoms with Crippen LogP contribution in [0.5, 0.6) is 0 Å². The average Bonchev–Trinajstić information content (AvgIpc) is 2.73. The Bertz CT molecular complexity index is 501. The van der Waals surface area contributed by atoms with E-state index in [1.54, 1.807) is 23.3 Å². The van der Waals surface area contributed by atoms with E-state index in [1.165, 1.54) is 11.3 Å². The second kappa shape index (κ2) is 4.86. The molecule has 0 aromatic carbocycles. The molecule has 0 fully saturated rings. The minimum Gasteiger partial charge on any atom is -0.365 e. The van der Waals surface area contributed by atoms with Crippen molar-refractivity contribution < 1.29 is 4.79 Å². The number of hydrogen-bond donors (Lipinski definition) is 1. The van der Waals surface area contributed by atoms with Crippen molar-refractivity contribution in [2.75, 3.05) is 0 Å². The second-order valence-corrected chi connectivity index (χ2v) is 4.32. The molecule has 0 unspecified atom stereocenters. The van der Waals surface area contributed by atoms with E-state index in [0.717, 1.165) is 5.56 Å². The Hall–Kier alpha value is -1.04. The van der Waals surface area contributed by atoms with Gasteiger partial charge in [-0.2, -0.15) is 5.10 Å². The normalized spacial score (nSPS) is 9.88. The van der Waals surface area contributed by atoms with Gasteiger partial charge in [0.15, 0.2) is 0 Å². The van der Waals surface area contributed by atoms with Gasteiger partial charge in [0.2, 0.25) is 0 Å². The van der Waals surface area contributed by atoms with Crippen molar-refractivity contribution in [3.05, 3.63) is 27.5 Å². The summed E-state index contributed by atoms with van der Waals surface area (Å²) in [4.78, 5) is 11.7. The molecule has 2 N–H and O–H groups in total. The fraction of sp³-hybridized carbons (Fsp3) is 0.111. The molecule has 2 heterocycles. The number of aromatic nitrogens is 2. The number of carbonyl (C=O) groups excluding carboxylic acids is 1. The highest BCUT2D eigenvalue weighted by molar-refractivity contribution is 7.12. The third kappa shape index (κ3) is 2.07. The number of thiophene rings is 1. The Morgan fingerprint density at radius 3 is 2.81 bits per heavy atom. The zero-order valence-electron chi connectivity index (χ0n) is 8.31. The van der Waals surface area contributed by atoms with Crippen LogP contribution < -0.4 is 5.73 Å². The largest absolute Gasteiger partial charge is 0.365 e. The van der Waals surface area contributed by atoms with Gasteiger partial charge in [-0.3, -0.25) is 9.48 Å². The maximum absolute atomic E-state index is 11.2. The van der Waals surface area contributed by atoms with E-state index in [-0.39, 0.29) is 12.4 Å². The summed E-state index contributed by atoms with van der Waals surface area (Å²) in [6.07, 6.45) is 1.54. The van der Waals surface area contributed by atoms with Crippen LogP contribution in [0.25, 0.3) is 11.3 Å². The molecule has 86 valence electrons. The summed E-state index contributed by atoms with van der Waals surface area (Å²) < 4.78 is 1.62. The number of hydrogen-bond acceptors (Lipinski definition) is 3. The zero-order valence-corrected chi connectivity index (χ0v) is 10.7. The van der Waals surface area contributed by atoms with Crippen molar-refractivity contribution in [2.24, 2.45) is 12.8 Å². The summed E-state index contributed by atoms with van der Waals surface area (Å²) in [6, 6.07) is 1.81. The monoisotopic (exact) mass is 277 g/mol. The van der Waals surface area contributed by atoms with Gasteiger partial charge in [0, 0.05) is 12.6 Å². The molecule has 2 rings (SSSR count). The standard InChI is InChI=1S/C9H8ClN3OS.ClH/c1-13-7(6(10)4-12-13)5-2-3-15-8(5)9(11)14;/h2-4H,1H3,(H2,11,14);1H. The van der Waals surface area contributed by atoms with Gasteiger partial charge in [-0.25, -0.2) is 0 Å². The molecule has 4 nitrogen and oxygen atoms in total. The minimum absolute atomic E-state index is 0. The van der Waals surface area contributed by atoms with Crippen LogP contribution in [-0.2, 0) is 7.05 Å². The Morgan fingerprint density at radius 2 is 2.31 bits per heavy atom. The summed E-state index contributed by atoms with van der Waals surface area (Å²) in [5.74, 6) is -0.447. The summed E-state index contributed by atoms with van der Waals surface area (Å²) in [7, 11) is 1.77. The molecule has 2 aromatic rings. The predicted octanol–water partition coefficient (Wildman–Crippen LogP) is 2.32. The van der Waals surface area contributed by atoms with Crippen molar-refractivity contribution in [1.29, 1.82) is 0 Å². The van der Waals surface area contributed by atoms with Crippen LogP contribution >= 0.6 is 35.3 Å². The fourth-order valence-corrected chi connectivity index (χ4v) is 2.42. The summed E-state index contributed by atoms with van der Waals surface area (Å²) in [6.45, 7) is 0. The third-order valence-electron chi connectivity index (χ3n) is 2.04. The van der Waals surface area contributed by atoms with Crippen LogP contribution in [-0.4, -0.2) is 15.7 Å². The van der Waals surface area contributed by atoms with Gasteiger partial charge in [-0.05, 0) is 11.4 Å². The molecule has 0 saturated carbocycles. The number of rotatable bonds is 2. The maximum atomic E-state index is 11.2. The first-order chi connectivity index (χ1) is 7.11. The number of nitrogens with zero attached hydrogens (tertiary/aromatic N) is 2. The topological polar surface area (TPSA) is 60.9 Å². The van der Waals surface area contributed by atoms with Crippen LogP contribution in [0.4, 0.5) is 0 Å². The molecule has 0 atom stereocenters. The van der Waals surface area contributed by atoms with E-state index in [9.17, 15) is 4.79 Å². The number of aryl methyl sites for hydroxylation is 1. The fourth-order valence-electron chi connectivity index (χ4n) is 1.40. The van der Waals surface area contributed by atoms with Gasteiger partial charge >= 0.3 is 0 Å². The van der Waals surface area contributed by atoms with Crippen molar-refractivity contribution >= 4 is 41.3 Å². The number of amides is 1. The van der Waals surface area contributed by atoms with Gasteiger partial charge in [0.05, 0.1) is 16.9 Å². The van der Waals surface area contributed by atoms with Crippen LogP contribution in [0.2, 0.25) is 5.02 Å². The first kappa shape index (κ1) is 13.0. The first-order valence-electron chi connectivity index (χ1n) is 4.16. The smallest absolute Gasteiger partial charge is 0.259 e. The molecule has 0 aliphatic rings. The van der Waals surface area contributed by atoms with Crippen LogP contribution in [0, 0.1) is 0 Å². The lowest BCUT2D eigenvalue weighted by molar-refractivity contribution is 0.100. The maximum Gasteiger partial charge on any atom is 0.259 e. The van der Waals surface area contributed by atoms with E-state index in [0.29, 0.717) is 15.6 Å². The molecular weight excluding hydrogens is 269 g/mol. The van der Waals surface area contributed by atoms with Gasteiger partial charge in [0.25, 0.3) is 5.91 Å². The lowest BCUT2D eigenvalue weighted by atomic mass is 10.2. The van der Waals surface area contributed by atoms with Crippen molar-refractivity contribution in [1.82, 2.24) is 9.78 Å². The van der Waals surface area contributed by atoms with E-state index in [4.69, 9.17) is 17.3 Å². The first-order valence-corrected chi connectivity index (χ1v) is 5.42. The SMILES string of the molecule is Cl.Cn1ncc(Cl)c1-c1ccsc1C(N)=O. The van der Waals surface area contributed by atoms with E-state index in [1.807, 2.05) is 6.07 Å². The quantitative estimate of drug-likeness (QED) is 0.916. The Kier molecular flexibility index (Phi) is 3.96. The number of primary amides is 1. The van der Waals surface area contributed by atoms with Crippen molar-refractivity contribution in [3.8, 4) is 11.3 Å². The van der Waals surface area contributed by atoms with E-state index < -0.39 is 5.91 Å². The molecule has 7 heteroatoms. The highest BCUT2D eigenvalue weighted by Gasteiger charge is 2.17. The summed E-state index contributed by atoms with van der Waals surface area (Å²) >= 11 is 7.28. The molecular formula is C9H9Cl2N3OS. The van der Waals surface area contributed by atoms with Gasteiger partial charge in [-0.15, -0.1) is 23.7 Å². The highest BCUT2D eigenvalue weighted by atomic mass is 35.5. The van der Waals surface area contributed by atoms with E-state index >= 15 is 0 Å². The second-order valence-electron chi connectivity index (χ2n) is 2.99. The summed E-state index contributed by atoms with van der Waals surface area (Å²) in [5, 5.41) is 6.33. The summed E-state index contributed by atoms with van der Waals surface area (Å²) in [5.41, 5.74) is 6.71. The van der Waals surface area contributed by atoms with Crippen molar-refractivity contribution in [3.63, 3.8) is 0 Å². The molecule has 1 amide bonds. The Labute approximate surface area is 107 Å². The Balaban J connectivity index is 0.00000128. The number of halogens is 2. The van der Waals surface area contributed by atoms with Crippen LogP contribution in [0.15, 0.2) is 17.6 Å². The van der Waals surface area contributed by atoms with E-state index in [2.05, 4.69) is 5.10 Å². The molecule has 0 saturated heterocycles. The molecule has 2 aromatic heterocycles. The zero-order chi connectivity index (χ0) is 11.0. The number of nitrogens with two attached hydrogens (primary N) is 1. The van der Waals surface area contributed by atoms with Gasteiger partial charge in [-0.1, -0.05) is 11.6 Å². The third-order valence-corrected chi connectivity index (χ3v) is 3.24. The molecule has 0 aliphatic carbocycles. The molecule has 0 radical (unpaired) electrons. The highest BCUT2D eigenvalue weighted by Crippen LogP contribution is 2.32. The number of carbonyl (C=O) groups is 1. The van der Waals surface area contributed by atoms with Crippen molar-refractivity contribution in [2.45, 2.75) is 0 Å². The molecule has 0 spiro atoms.